The Balaban J connectivity index is 2.41. The Morgan fingerprint density at radius 2 is 1.85 bits per heavy atom. The van der Waals surface area contributed by atoms with Gasteiger partial charge in [0.2, 0.25) is 0 Å². The maximum Gasteiger partial charge on any atom is 0.119 e. The van der Waals surface area contributed by atoms with E-state index in [0.717, 1.165) is 5.75 Å². The zero-order valence-corrected chi connectivity index (χ0v) is 8.10. The van der Waals surface area contributed by atoms with Gasteiger partial charge in [-0.2, -0.15) is 0 Å². The fourth-order valence-electron chi connectivity index (χ4n) is 1.26. The van der Waals surface area contributed by atoms with Crippen LogP contribution >= 0.6 is 0 Å². The third-order valence-electron chi connectivity index (χ3n) is 1.75. The second-order valence-electron chi connectivity index (χ2n) is 3.33. The van der Waals surface area contributed by atoms with Crippen LogP contribution in [0.5, 0.6) is 5.75 Å². The molecular formula is C11H16O2. The van der Waals surface area contributed by atoms with Gasteiger partial charge in [-0.1, -0.05) is 18.2 Å². The van der Waals surface area contributed by atoms with E-state index < -0.39 is 0 Å². The van der Waals surface area contributed by atoms with E-state index in [2.05, 4.69) is 0 Å². The molecular weight excluding hydrogens is 164 g/mol. The minimum atomic E-state index is -0.307. The summed E-state index contributed by atoms with van der Waals surface area (Å²) < 4.78 is 5.57. The summed E-state index contributed by atoms with van der Waals surface area (Å²) in [5, 5.41) is 9.12. The van der Waals surface area contributed by atoms with Crippen molar-refractivity contribution >= 4 is 0 Å². The number of benzene rings is 1. The van der Waals surface area contributed by atoms with Crippen LogP contribution in [0.25, 0.3) is 0 Å². The van der Waals surface area contributed by atoms with Crippen LogP contribution in [0.15, 0.2) is 30.3 Å². The fourth-order valence-corrected chi connectivity index (χ4v) is 1.26. The van der Waals surface area contributed by atoms with Crippen LogP contribution in [0.2, 0.25) is 0 Å². The van der Waals surface area contributed by atoms with Crippen molar-refractivity contribution in [3.8, 4) is 5.75 Å². The summed E-state index contributed by atoms with van der Waals surface area (Å²) in [4.78, 5) is 0. The molecule has 2 nitrogen and oxygen atoms in total. The summed E-state index contributed by atoms with van der Waals surface area (Å²) in [6, 6.07) is 9.65. The average Bonchev–Trinajstić information content (AvgIpc) is 2.04. The SMILES string of the molecule is C[C@H](C[C@@H](C)O)Oc1ccccc1. The van der Waals surface area contributed by atoms with Crippen molar-refractivity contribution in [3.05, 3.63) is 30.3 Å². The van der Waals surface area contributed by atoms with Crippen molar-refractivity contribution in [1.29, 1.82) is 0 Å². The van der Waals surface area contributed by atoms with Gasteiger partial charge in [-0.25, -0.2) is 0 Å². The lowest BCUT2D eigenvalue weighted by Crippen LogP contribution is -2.18. The van der Waals surface area contributed by atoms with Crippen LogP contribution in [-0.2, 0) is 0 Å². The van der Waals surface area contributed by atoms with Crippen molar-refractivity contribution in [2.45, 2.75) is 32.5 Å². The molecule has 0 amide bonds. The molecule has 0 aliphatic heterocycles. The Bertz CT molecular complexity index is 231. The molecule has 0 spiro atoms. The Kier molecular flexibility index (Phi) is 3.77. The summed E-state index contributed by atoms with van der Waals surface area (Å²) in [6.07, 6.45) is 0.413. The molecule has 0 saturated heterocycles. The maximum absolute atomic E-state index is 9.12. The largest absolute Gasteiger partial charge is 0.491 e. The smallest absolute Gasteiger partial charge is 0.119 e. The van der Waals surface area contributed by atoms with Gasteiger partial charge in [-0.15, -0.1) is 0 Å². The van der Waals surface area contributed by atoms with Gasteiger partial charge in [0.25, 0.3) is 0 Å². The van der Waals surface area contributed by atoms with E-state index in [1.54, 1.807) is 6.92 Å². The number of aliphatic hydroxyl groups excluding tert-OH is 1. The highest BCUT2D eigenvalue weighted by molar-refractivity contribution is 5.21. The maximum atomic E-state index is 9.12. The summed E-state index contributed by atoms with van der Waals surface area (Å²) >= 11 is 0. The second-order valence-corrected chi connectivity index (χ2v) is 3.33. The van der Waals surface area contributed by atoms with Gasteiger partial charge in [0, 0.05) is 6.42 Å². The first-order chi connectivity index (χ1) is 6.18. The molecule has 72 valence electrons. The van der Waals surface area contributed by atoms with E-state index >= 15 is 0 Å². The van der Waals surface area contributed by atoms with Gasteiger partial charge >= 0.3 is 0 Å². The monoisotopic (exact) mass is 180 g/mol. The lowest BCUT2D eigenvalue weighted by molar-refractivity contribution is 0.115. The Labute approximate surface area is 79.2 Å². The molecule has 13 heavy (non-hydrogen) atoms. The quantitative estimate of drug-likeness (QED) is 0.769. The summed E-state index contributed by atoms with van der Waals surface area (Å²) in [5.74, 6) is 0.857. The van der Waals surface area contributed by atoms with Crippen LogP contribution in [0.4, 0.5) is 0 Å². The first-order valence-corrected chi connectivity index (χ1v) is 4.58. The predicted molar refractivity (Wildman–Crippen MR) is 52.8 cm³/mol. The molecule has 0 aromatic heterocycles. The van der Waals surface area contributed by atoms with Gasteiger partial charge in [0.1, 0.15) is 5.75 Å². The molecule has 0 aliphatic rings. The lowest BCUT2D eigenvalue weighted by atomic mass is 10.2. The number of para-hydroxylation sites is 1. The van der Waals surface area contributed by atoms with E-state index in [1.165, 1.54) is 0 Å². The Morgan fingerprint density at radius 1 is 1.23 bits per heavy atom. The third kappa shape index (κ3) is 3.95. The van der Waals surface area contributed by atoms with Gasteiger partial charge in [-0.3, -0.25) is 0 Å². The van der Waals surface area contributed by atoms with Crippen molar-refractivity contribution in [3.63, 3.8) is 0 Å². The van der Waals surface area contributed by atoms with Crippen LogP contribution < -0.4 is 4.74 Å². The molecule has 2 atom stereocenters. The molecule has 0 heterocycles. The van der Waals surface area contributed by atoms with E-state index in [0.29, 0.717) is 6.42 Å². The summed E-state index contributed by atoms with van der Waals surface area (Å²) in [6.45, 7) is 3.73. The van der Waals surface area contributed by atoms with E-state index in [1.807, 2.05) is 37.3 Å². The molecule has 0 unspecified atom stereocenters. The van der Waals surface area contributed by atoms with Crippen molar-refractivity contribution in [2.24, 2.45) is 0 Å². The highest BCUT2D eigenvalue weighted by Gasteiger charge is 2.06. The molecule has 1 aromatic rings. The molecule has 0 aliphatic carbocycles. The van der Waals surface area contributed by atoms with E-state index in [9.17, 15) is 0 Å². The zero-order chi connectivity index (χ0) is 9.68. The molecule has 1 N–H and O–H groups in total. The average molecular weight is 180 g/mol. The Hall–Kier alpha value is -1.02. The van der Waals surface area contributed by atoms with Gasteiger partial charge in [0.05, 0.1) is 12.2 Å². The molecule has 1 rings (SSSR count). The van der Waals surface area contributed by atoms with E-state index in [4.69, 9.17) is 9.84 Å². The highest BCUT2D eigenvalue weighted by Crippen LogP contribution is 2.12. The fraction of sp³-hybridized carbons (Fsp3) is 0.455. The molecule has 2 heteroatoms. The highest BCUT2D eigenvalue weighted by atomic mass is 16.5. The Morgan fingerprint density at radius 3 is 2.38 bits per heavy atom. The normalized spacial score (nSPS) is 15.0. The van der Waals surface area contributed by atoms with Crippen LogP contribution in [-0.4, -0.2) is 17.3 Å². The van der Waals surface area contributed by atoms with Gasteiger partial charge in [0.15, 0.2) is 0 Å². The number of aliphatic hydroxyl groups is 1. The predicted octanol–water partition coefficient (Wildman–Crippen LogP) is 2.22. The minimum Gasteiger partial charge on any atom is -0.491 e. The molecule has 0 fully saturated rings. The first-order valence-electron chi connectivity index (χ1n) is 4.58. The number of hydrogen-bond donors (Lipinski definition) is 1. The first kappa shape index (κ1) is 10.1. The van der Waals surface area contributed by atoms with Crippen molar-refractivity contribution < 1.29 is 9.84 Å². The van der Waals surface area contributed by atoms with Crippen LogP contribution in [0.3, 0.4) is 0 Å². The lowest BCUT2D eigenvalue weighted by Gasteiger charge is -2.15. The topological polar surface area (TPSA) is 29.5 Å². The molecule has 0 radical (unpaired) electrons. The summed E-state index contributed by atoms with van der Waals surface area (Å²) in [7, 11) is 0. The standard InChI is InChI=1S/C11H16O2/c1-9(12)8-10(2)13-11-6-4-3-5-7-11/h3-7,9-10,12H,8H2,1-2H3/t9-,10-/m1/s1. The van der Waals surface area contributed by atoms with E-state index in [-0.39, 0.29) is 12.2 Å². The molecule has 0 saturated carbocycles. The second kappa shape index (κ2) is 4.87. The van der Waals surface area contributed by atoms with Gasteiger partial charge in [-0.05, 0) is 26.0 Å². The number of ether oxygens (including phenoxy) is 1. The van der Waals surface area contributed by atoms with Crippen LogP contribution in [0, 0.1) is 0 Å². The minimum absolute atomic E-state index is 0.0578. The molecule has 1 aromatic carbocycles. The summed E-state index contributed by atoms with van der Waals surface area (Å²) in [5.41, 5.74) is 0. The van der Waals surface area contributed by atoms with Gasteiger partial charge < -0.3 is 9.84 Å². The van der Waals surface area contributed by atoms with Crippen molar-refractivity contribution in [2.75, 3.05) is 0 Å². The molecule has 0 bridgehead atoms. The third-order valence-corrected chi connectivity index (χ3v) is 1.75. The van der Waals surface area contributed by atoms with Crippen LogP contribution in [0.1, 0.15) is 20.3 Å². The number of rotatable bonds is 4. The number of hydrogen-bond acceptors (Lipinski definition) is 2. The zero-order valence-electron chi connectivity index (χ0n) is 8.10. The van der Waals surface area contributed by atoms with Crippen molar-refractivity contribution in [1.82, 2.24) is 0 Å².